The molecule has 1 unspecified atom stereocenters. The molecule has 0 saturated heterocycles. The fraction of sp³-hybridized carbons (Fsp3) is 0.733. The van der Waals surface area contributed by atoms with E-state index in [1.807, 2.05) is 11.7 Å². The van der Waals surface area contributed by atoms with Gasteiger partial charge in [-0.05, 0) is 24.3 Å². The van der Waals surface area contributed by atoms with Crippen molar-refractivity contribution in [2.75, 3.05) is 0 Å². The van der Waals surface area contributed by atoms with Gasteiger partial charge in [-0.15, -0.1) is 0 Å². The van der Waals surface area contributed by atoms with Crippen LogP contribution >= 0.6 is 0 Å². The van der Waals surface area contributed by atoms with Crippen LogP contribution in [0.3, 0.4) is 0 Å². The summed E-state index contributed by atoms with van der Waals surface area (Å²) in [5, 5.41) is 13.6. The lowest BCUT2D eigenvalue weighted by Crippen LogP contribution is -2.14. The molecular formula is C15H24N2O2. The molecule has 0 amide bonds. The number of hydrogen-bond acceptors (Lipinski definition) is 2. The van der Waals surface area contributed by atoms with Crippen LogP contribution in [0.25, 0.3) is 0 Å². The smallest absolute Gasteiger partial charge is 0.306 e. The van der Waals surface area contributed by atoms with Gasteiger partial charge in [0.15, 0.2) is 0 Å². The maximum Gasteiger partial charge on any atom is 0.306 e. The van der Waals surface area contributed by atoms with E-state index in [-0.39, 0.29) is 5.92 Å². The molecule has 4 nitrogen and oxygen atoms in total. The van der Waals surface area contributed by atoms with Crippen molar-refractivity contribution in [2.45, 2.75) is 57.8 Å². The Morgan fingerprint density at radius 3 is 2.63 bits per heavy atom. The average molecular weight is 264 g/mol. The second-order valence-corrected chi connectivity index (χ2v) is 5.84. The van der Waals surface area contributed by atoms with Crippen LogP contribution in [0, 0.1) is 5.92 Å². The highest BCUT2D eigenvalue weighted by atomic mass is 16.4. The minimum Gasteiger partial charge on any atom is -0.481 e. The Labute approximate surface area is 114 Å². The zero-order chi connectivity index (χ0) is 13.8. The molecule has 1 aliphatic rings. The van der Waals surface area contributed by atoms with E-state index in [0.717, 1.165) is 5.69 Å². The maximum absolute atomic E-state index is 11.0. The van der Waals surface area contributed by atoms with Crippen molar-refractivity contribution in [1.29, 1.82) is 0 Å². The lowest BCUT2D eigenvalue weighted by Gasteiger charge is -2.14. The van der Waals surface area contributed by atoms with E-state index in [1.54, 1.807) is 6.92 Å². The van der Waals surface area contributed by atoms with Crippen LogP contribution in [-0.4, -0.2) is 20.9 Å². The van der Waals surface area contributed by atoms with Crippen LogP contribution in [-0.2, 0) is 18.3 Å². The molecule has 0 spiro atoms. The minimum absolute atomic E-state index is 0.362. The van der Waals surface area contributed by atoms with Crippen molar-refractivity contribution in [3.8, 4) is 0 Å². The first-order valence-electron chi connectivity index (χ1n) is 7.33. The van der Waals surface area contributed by atoms with Gasteiger partial charge in [-0.2, -0.15) is 5.10 Å². The highest BCUT2D eigenvalue weighted by Gasteiger charge is 2.22. The number of rotatable bonds is 4. The van der Waals surface area contributed by atoms with Gasteiger partial charge in [0.25, 0.3) is 0 Å². The second-order valence-electron chi connectivity index (χ2n) is 5.84. The molecule has 0 aromatic carbocycles. The van der Waals surface area contributed by atoms with Gasteiger partial charge in [-0.25, -0.2) is 0 Å². The number of aromatic nitrogens is 2. The molecule has 0 aliphatic heterocycles. The van der Waals surface area contributed by atoms with Crippen LogP contribution in [0.4, 0.5) is 0 Å². The summed E-state index contributed by atoms with van der Waals surface area (Å²) >= 11 is 0. The van der Waals surface area contributed by atoms with Gasteiger partial charge in [-0.1, -0.05) is 32.6 Å². The van der Waals surface area contributed by atoms with Crippen LogP contribution in [0.5, 0.6) is 0 Å². The van der Waals surface area contributed by atoms with E-state index in [2.05, 4.69) is 11.3 Å². The van der Waals surface area contributed by atoms with Crippen molar-refractivity contribution < 1.29 is 9.90 Å². The van der Waals surface area contributed by atoms with E-state index in [9.17, 15) is 4.79 Å². The molecule has 1 fully saturated rings. The molecule has 1 N–H and O–H groups in total. The van der Waals surface area contributed by atoms with E-state index >= 15 is 0 Å². The number of aliphatic carboxylic acids is 1. The summed E-state index contributed by atoms with van der Waals surface area (Å²) in [4.78, 5) is 11.0. The largest absolute Gasteiger partial charge is 0.481 e. The molecule has 1 heterocycles. The maximum atomic E-state index is 11.0. The molecule has 1 aromatic rings. The number of hydrogen-bond donors (Lipinski definition) is 1. The molecule has 1 aromatic heterocycles. The molecule has 0 bridgehead atoms. The number of aryl methyl sites for hydroxylation is 1. The van der Waals surface area contributed by atoms with Gasteiger partial charge in [0.1, 0.15) is 0 Å². The SMILES string of the molecule is CC(Cc1nn(C)cc1C1CCCCCC1)C(=O)O. The number of carbonyl (C=O) groups is 1. The van der Waals surface area contributed by atoms with Crippen molar-refractivity contribution in [3.05, 3.63) is 17.5 Å². The third-order valence-corrected chi connectivity index (χ3v) is 4.15. The summed E-state index contributed by atoms with van der Waals surface area (Å²) in [7, 11) is 1.93. The summed E-state index contributed by atoms with van der Waals surface area (Å²) in [5.41, 5.74) is 2.28. The number of carboxylic acids is 1. The second kappa shape index (κ2) is 6.22. The molecule has 1 aliphatic carbocycles. The van der Waals surface area contributed by atoms with Gasteiger partial charge >= 0.3 is 5.97 Å². The fourth-order valence-electron chi connectivity index (χ4n) is 3.02. The fourth-order valence-corrected chi connectivity index (χ4v) is 3.02. The van der Waals surface area contributed by atoms with Crippen molar-refractivity contribution in [3.63, 3.8) is 0 Å². The molecule has 106 valence electrons. The first kappa shape index (κ1) is 14.1. The molecule has 2 rings (SSSR count). The Hall–Kier alpha value is -1.32. The van der Waals surface area contributed by atoms with Crippen molar-refractivity contribution in [1.82, 2.24) is 9.78 Å². The Morgan fingerprint density at radius 1 is 1.42 bits per heavy atom. The van der Waals surface area contributed by atoms with Crippen molar-refractivity contribution in [2.24, 2.45) is 13.0 Å². The van der Waals surface area contributed by atoms with E-state index in [1.165, 1.54) is 44.1 Å². The molecule has 1 atom stereocenters. The highest BCUT2D eigenvalue weighted by Crippen LogP contribution is 2.33. The van der Waals surface area contributed by atoms with Gasteiger partial charge in [0.05, 0.1) is 11.6 Å². The highest BCUT2D eigenvalue weighted by molar-refractivity contribution is 5.69. The van der Waals surface area contributed by atoms with Gasteiger partial charge in [0.2, 0.25) is 0 Å². The normalized spacial score (nSPS) is 19.1. The predicted octanol–water partition coefficient (Wildman–Crippen LogP) is 3.12. The molecule has 4 heteroatoms. The van der Waals surface area contributed by atoms with Crippen LogP contribution in [0.2, 0.25) is 0 Å². The minimum atomic E-state index is -0.738. The quantitative estimate of drug-likeness (QED) is 0.850. The Morgan fingerprint density at radius 2 is 2.05 bits per heavy atom. The Balaban J connectivity index is 2.17. The first-order valence-corrected chi connectivity index (χ1v) is 7.33. The van der Waals surface area contributed by atoms with E-state index in [4.69, 9.17) is 5.11 Å². The lowest BCUT2D eigenvalue weighted by atomic mass is 9.90. The van der Waals surface area contributed by atoms with Crippen LogP contribution < -0.4 is 0 Å². The molecule has 0 radical (unpaired) electrons. The summed E-state index contributed by atoms with van der Waals surface area (Å²) in [6, 6.07) is 0. The van der Waals surface area contributed by atoms with Gasteiger partial charge in [0, 0.05) is 19.7 Å². The summed E-state index contributed by atoms with van der Waals surface area (Å²) < 4.78 is 1.84. The van der Waals surface area contributed by atoms with Crippen molar-refractivity contribution >= 4 is 5.97 Å². The summed E-state index contributed by atoms with van der Waals surface area (Å²) in [5.74, 6) is -0.524. The predicted molar refractivity (Wildman–Crippen MR) is 74.2 cm³/mol. The first-order chi connectivity index (χ1) is 9.08. The summed E-state index contributed by atoms with van der Waals surface area (Å²) in [6.07, 6.45) is 10.3. The number of carboxylic acid groups (broad SMARTS) is 1. The summed E-state index contributed by atoms with van der Waals surface area (Å²) in [6.45, 7) is 1.76. The zero-order valence-corrected chi connectivity index (χ0v) is 11.9. The lowest BCUT2D eigenvalue weighted by molar-refractivity contribution is -0.141. The molecule has 1 saturated carbocycles. The molecular weight excluding hydrogens is 240 g/mol. The standard InChI is InChI=1S/C15H24N2O2/c1-11(15(18)19)9-14-13(10-17(2)16-14)12-7-5-3-4-6-8-12/h10-12H,3-9H2,1-2H3,(H,18,19). The van der Waals surface area contributed by atoms with Crippen LogP contribution in [0.15, 0.2) is 6.20 Å². The van der Waals surface area contributed by atoms with Crippen LogP contribution in [0.1, 0.15) is 62.6 Å². The monoisotopic (exact) mass is 264 g/mol. The van der Waals surface area contributed by atoms with E-state index < -0.39 is 5.97 Å². The topological polar surface area (TPSA) is 55.1 Å². The third kappa shape index (κ3) is 3.58. The van der Waals surface area contributed by atoms with Gasteiger partial charge < -0.3 is 5.11 Å². The number of nitrogens with zero attached hydrogens (tertiary/aromatic N) is 2. The Bertz CT molecular complexity index is 431. The average Bonchev–Trinajstić information content (AvgIpc) is 2.58. The zero-order valence-electron chi connectivity index (χ0n) is 11.9. The van der Waals surface area contributed by atoms with E-state index in [0.29, 0.717) is 12.3 Å². The van der Waals surface area contributed by atoms with Gasteiger partial charge in [-0.3, -0.25) is 9.48 Å². The Kier molecular flexibility index (Phi) is 4.61. The third-order valence-electron chi connectivity index (χ3n) is 4.15. The molecule has 19 heavy (non-hydrogen) atoms.